The van der Waals surface area contributed by atoms with Crippen LogP contribution in [0.3, 0.4) is 0 Å². The molecule has 2 atom stereocenters. The number of hydrogen-bond donors (Lipinski definition) is 1. The summed E-state index contributed by atoms with van der Waals surface area (Å²) in [5.41, 5.74) is 1.67. The lowest BCUT2D eigenvalue weighted by atomic mass is 9.96. The van der Waals surface area contributed by atoms with Crippen LogP contribution in [0.15, 0.2) is 11.6 Å². The van der Waals surface area contributed by atoms with Gasteiger partial charge in [-0.15, -0.1) is 0 Å². The highest BCUT2D eigenvalue weighted by Crippen LogP contribution is 2.24. The molecule has 0 aromatic rings. The summed E-state index contributed by atoms with van der Waals surface area (Å²) in [6.07, 6.45) is 14.8. The Labute approximate surface area is 112 Å². The molecule has 1 N–H and O–H groups in total. The molecular formula is C16H29NO. The third-order valence-corrected chi connectivity index (χ3v) is 4.28. The zero-order chi connectivity index (χ0) is 12.6. The number of allylic oxidation sites excluding steroid dienone is 1. The molecule has 1 saturated heterocycles. The fraction of sp³-hybridized carbons (Fsp3) is 0.875. The molecule has 0 aromatic carbocycles. The summed E-state index contributed by atoms with van der Waals surface area (Å²) >= 11 is 0. The van der Waals surface area contributed by atoms with Crippen LogP contribution in [0.5, 0.6) is 0 Å². The van der Waals surface area contributed by atoms with Crippen LogP contribution in [-0.2, 0) is 4.74 Å². The third kappa shape index (κ3) is 4.40. The monoisotopic (exact) mass is 251 g/mol. The predicted molar refractivity (Wildman–Crippen MR) is 76.8 cm³/mol. The van der Waals surface area contributed by atoms with Crippen LogP contribution in [0.1, 0.15) is 64.7 Å². The fourth-order valence-corrected chi connectivity index (χ4v) is 3.25. The molecule has 1 aliphatic carbocycles. The van der Waals surface area contributed by atoms with Gasteiger partial charge in [-0.3, -0.25) is 0 Å². The number of ether oxygens (including phenoxy) is 1. The number of hydrogen-bond acceptors (Lipinski definition) is 2. The third-order valence-electron chi connectivity index (χ3n) is 4.28. The van der Waals surface area contributed by atoms with Crippen LogP contribution in [-0.4, -0.2) is 25.3 Å². The van der Waals surface area contributed by atoms with Crippen LogP contribution >= 0.6 is 0 Å². The van der Waals surface area contributed by atoms with Crippen molar-refractivity contribution in [3.05, 3.63) is 11.6 Å². The Hall–Kier alpha value is -0.340. The molecule has 2 heteroatoms. The standard InChI is InChI=1S/C16H29NO/c1-2-17-16(12-11-15-10-7-13-18-15)14-8-5-3-4-6-9-14/h8,15-17H,2-7,9-13H2,1H3. The maximum absolute atomic E-state index is 5.75. The van der Waals surface area contributed by atoms with E-state index in [0.717, 1.165) is 13.2 Å². The van der Waals surface area contributed by atoms with Crippen LogP contribution in [0.25, 0.3) is 0 Å². The van der Waals surface area contributed by atoms with Crippen molar-refractivity contribution in [1.82, 2.24) is 5.32 Å². The van der Waals surface area contributed by atoms with Crippen LogP contribution in [0, 0.1) is 0 Å². The molecule has 2 rings (SSSR count). The van der Waals surface area contributed by atoms with Crippen LogP contribution in [0.4, 0.5) is 0 Å². The Morgan fingerprint density at radius 2 is 2.28 bits per heavy atom. The summed E-state index contributed by atoms with van der Waals surface area (Å²) < 4.78 is 5.75. The van der Waals surface area contributed by atoms with Gasteiger partial charge in [0.05, 0.1) is 6.10 Å². The van der Waals surface area contributed by atoms with Crippen LogP contribution < -0.4 is 5.32 Å². The number of likely N-dealkylation sites (N-methyl/N-ethyl adjacent to an activating group) is 1. The average molecular weight is 251 g/mol. The molecule has 1 fully saturated rings. The van der Waals surface area contributed by atoms with Crippen LogP contribution in [0.2, 0.25) is 0 Å². The summed E-state index contributed by atoms with van der Waals surface area (Å²) in [4.78, 5) is 0. The highest BCUT2D eigenvalue weighted by molar-refractivity contribution is 5.12. The smallest absolute Gasteiger partial charge is 0.0576 e. The molecule has 0 aromatic heterocycles. The van der Waals surface area contributed by atoms with Gasteiger partial charge in [-0.1, -0.05) is 25.0 Å². The van der Waals surface area contributed by atoms with E-state index in [0.29, 0.717) is 12.1 Å². The molecule has 18 heavy (non-hydrogen) atoms. The minimum Gasteiger partial charge on any atom is -0.378 e. The molecule has 0 spiro atoms. The Kier molecular flexibility index (Phi) is 6.22. The molecule has 2 aliphatic rings. The summed E-state index contributed by atoms with van der Waals surface area (Å²) in [6.45, 7) is 4.28. The molecular weight excluding hydrogens is 222 g/mol. The van der Waals surface area contributed by atoms with Gasteiger partial charge in [0.2, 0.25) is 0 Å². The Morgan fingerprint density at radius 3 is 3.06 bits per heavy atom. The fourth-order valence-electron chi connectivity index (χ4n) is 3.25. The second kappa shape index (κ2) is 7.96. The first-order valence-electron chi connectivity index (χ1n) is 7.94. The number of rotatable bonds is 6. The van der Waals surface area contributed by atoms with Gasteiger partial charge in [-0.05, 0) is 57.9 Å². The highest BCUT2D eigenvalue weighted by Gasteiger charge is 2.20. The molecule has 1 heterocycles. The van der Waals surface area contributed by atoms with Crippen molar-refractivity contribution in [3.63, 3.8) is 0 Å². The van der Waals surface area contributed by atoms with Gasteiger partial charge < -0.3 is 10.1 Å². The zero-order valence-electron chi connectivity index (χ0n) is 11.9. The van der Waals surface area contributed by atoms with E-state index < -0.39 is 0 Å². The molecule has 0 bridgehead atoms. The van der Waals surface area contributed by atoms with Gasteiger partial charge in [0.25, 0.3) is 0 Å². The molecule has 0 saturated carbocycles. The second-order valence-electron chi connectivity index (χ2n) is 5.70. The topological polar surface area (TPSA) is 21.3 Å². The lowest BCUT2D eigenvalue weighted by molar-refractivity contribution is 0.100. The first-order valence-corrected chi connectivity index (χ1v) is 7.94. The second-order valence-corrected chi connectivity index (χ2v) is 5.70. The lowest BCUT2D eigenvalue weighted by Gasteiger charge is -2.22. The Morgan fingerprint density at radius 1 is 1.33 bits per heavy atom. The molecule has 104 valence electrons. The van der Waals surface area contributed by atoms with Crippen molar-refractivity contribution >= 4 is 0 Å². The summed E-state index contributed by atoms with van der Waals surface area (Å²) in [7, 11) is 0. The van der Waals surface area contributed by atoms with Crippen molar-refractivity contribution in [1.29, 1.82) is 0 Å². The van der Waals surface area contributed by atoms with Crippen molar-refractivity contribution in [3.8, 4) is 0 Å². The van der Waals surface area contributed by atoms with E-state index in [2.05, 4.69) is 18.3 Å². The largest absolute Gasteiger partial charge is 0.378 e. The van der Waals surface area contributed by atoms with Gasteiger partial charge in [0.1, 0.15) is 0 Å². The van der Waals surface area contributed by atoms with E-state index in [1.54, 1.807) is 5.57 Å². The lowest BCUT2D eigenvalue weighted by Crippen LogP contribution is -2.31. The van der Waals surface area contributed by atoms with E-state index in [1.807, 2.05) is 0 Å². The average Bonchev–Trinajstić information content (AvgIpc) is 2.75. The highest BCUT2D eigenvalue weighted by atomic mass is 16.5. The van der Waals surface area contributed by atoms with Gasteiger partial charge in [-0.2, -0.15) is 0 Å². The van der Waals surface area contributed by atoms with E-state index in [1.165, 1.54) is 57.8 Å². The van der Waals surface area contributed by atoms with Gasteiger partial charge >= 0.3 is 0 Å². The maximum Gasteiger partial charge on any atom is 0.0576 e. The van der Waals surface area contributed by atoms with Crippen molar-refractivity contribution in [2.24, 2.45) is 0 Å². The van der Waals surface area contributed by atoms with Crippen molar-refractivity contribution in [2.45, 2.75) is 76.9 Å². The molecule has 2 unspecified atom stereocenters. The molecule has 1 aliphatic heterocycles. The zero-order valence-corrected chi connectivity index (χ0v) is 11.9. The van der Waals surface area contributed by atoms with Crippen molar-refractivity contribution < 1.29 is 4.74 Å². The normalized spacial score (nSPS) is 26.7. The SMILES string of the molecule is CCNC(CCC1CCCO1)C1=CCCCCC1. The minimum atomic E-state index is 0.539. The minimum absolute atomic E-state index is 0.539. The first-order chi connectivity index (χ1) is 8.90. The van der Waals surface area contributed by atoms with E-state index in [4.69, 9.17) is 4.74 Å². The molecule has 2 nitrogen and oxygen atoms in total. The van der Waals surface area contributed by atoms with Gasteiger partial charge in [0, 0.05) is 12.6 Å². The van der Waals surface area contributed by atoms with Gasteiger partial charge in [-0.25, -0.2) is 0 Å². The maximum atomic E-state index is 5.75. The predicted octanol–water partition coefficient (Wildman–Crippen LogP) is 3.81. The number of nitrogens with one attached hydrogen (secondary N) is 1. The van der Waals surface area contributed by atoms with E-state index in [9.17, 15) is 0 Å². The Bertz CT molecular complexity index is 256. The van der Waals surface area contributed by atoms with Gasteiger partial charge in [0.15, 0.2) is 0 Å². The van der Waals surface area contributed by atoms with Crippen molar-refractivity contribution in [2.75, 3.05) is 13.2 Å². The molecule has 0 radical (unpaired) electrons. The summed E-state index contributed by atoms with van der Waals surface area (Å²) in [5, 5.41) is 3.68. The van der Waals surface area contributed by atoms with E-state index in [-0.39, 0.29) is 0 Å². The first kappa shape index (κ1) is 14.1. The Balaban J connectivity index is 1.83. The molecule has 0 amide bonds. The quantitative estimate of drug-likeness (QED) is 0.725. The summed E-state index contributed by atoms with van der Waals surface area (Å²) in [6, 6.07) is 0.609. The summed E-state index contributed by atoms with van der Waals surface area (Å²) in [5.74, 6) is 0. The van der Waals surface area contributed by atoms with E-state index >= 15 is 0 Å².